The quantitative estimate of drug-likeness (QED) is 0.494. The van der Waals surface area contributed by atoms with Crippen LogP contribution in [-0.4, -0.2) is 66.3 Å². The van der Waals surface area contributed by atoms with Crippen molar-refractivity contribution >= 4 is 56.7 Å². The van der Waals surface area contributed by atoms with Crippen LogP contribution in [0.25, 0.3) is 10.9 Å². The molecule has 2 aromatic heterocycles. The maximum absolute atomic E-state index is 11.3. The number of ether oxygens (including phenoxy) is 1. The second-order valence-electron chi connectivity index (χ2n) is 8.58. The summed E-state index contributed by atoms with van der Waals surface area (Å²) in [5, 5.41) is 4.50. The average molecular weight is 500 g/mol. The number of hydrogen-bond acceptors (Lipinski definition) is 10. The van der Waals surface area contributed by atoms with Gasteiger partial charge in [-0.05, 0) is 49.9 Å². The van der Waals surface area contributed by atoms with Crippen molar-refractivity contribution in [2.75, 3.05) is 54.5 Å². The monoisotopic (exact) mass is 499 g/mol. The van der Waals surface area contributed by atoms with Crippen LogP contribution in [0, 0.1) is 6.92 Å². The number of anilines is 3. The molecule has 2 fully saturated rings. The van der Waals surface area contributed by atoms with E-state index in [-0.39, 0.29) is 5.91 Å². The molecule has 1 aromatic carbocycles. The Hall–Kier alpha value is -2.47. The smallest absolute Gasteiger partial charge is 0.223 e. The number of morpholine rings is 1. The predicted molar refractivity (Wildman–Crippen MR) is 138 cm³/mol. The number of benzene rings is 1. The minimum atomic E-state index is -0.102. The molecule has 2 saturated heterocycles. The first kappa shape index (κ1) is 23.3. The number of aromatic nitrogens is 3. The summed E-state index contributed by atoms with van der Waals surface area (Å²) >= 11 is 3.10. The van der Waals surface area contributed by atoms with Gasteiger partial charge in [0.1, 0.15) is 16.4 Å². The standard InChI is InChI=1S/C23H29N7O2S2/c1-15-22(33-23(26-15)27-16(2)31)34-28-17-4-3-7-30(13-17)21-19-6-5-18(12-20(19)24-14-25-21)29-8-10-32-11-9-29/h5-6,12,14,17,28H,3-4,7-11,13H2,1-2H3,(H,26,27,31). The van der Waals surface area contributed by atoms with Crippen molar-refractivity contribution in [1.29, 1.82) is 0 Å². The highest BCUT2D eigenvalue weighted by molar-refractivity contribution is 7.99. The normalized spacial score (nSPS) is 18.9. The second kappa shape index (κ2) is 10.4. The van der Waals surface area contributed by atoms with Gasteiger partial charge in [-0.2, -0.15) is 0 Å². The summed E-state index contributed by atoms with van der Waals surface area (Å²) in [4.78, 5) is 29.7. The molecular formula is C23H29N7O2S2. The molecule has 0 aliphatic carbocycles. The number of nitrogens with zero attached hydrogens (tertiary/aromatic N) is 5. The Balaban J connectivity index is 1.27. The Bertz CT molecular complexity index is 1170. The van der Waals surface area contributed by atoms with Crippen LogP contribution in [0.5, 0.6) is 0 Å². The van der Waals surface area contributed by atoms with E-state index in [4.69, 9.17) is 4.74 Å². The van der Waals surface area contributed by atoms with Gasteiger partial charge in [0.25, 0.3) is 0 Å². The van der Waals surface area contributed by atoms with Crippen molar-refractivity contribution in [3.05, 3.63) is 30.2 Å². The number of carbonyl (C=O) groups is 1. The molecule has 0 spiro atoms. The maximum atomic E-state index is 11.3. The van der Waals surface area contributed by atoms with E-state index < -0.39 is 0 Å². The van der Waals surface area contributed by atoms with E-state index in [0.717, 1.165) is 78.9 Å². The zero-order valence-electron chi connectivity index (χ0n) is 19.4. The van der Waals surface area contributed by atoms with E-state index in [0.29, 0.717) is 11.2 Å². The number of amides is 1. The Labute approximate surface area is 207 Å². The highest BCUT2D eigenvalue weighted by Gasteiger charge is 2.23. The number of nitrogens with one attached hydrogen (secondary N) is 2. The van der Waals surface area contributed by atoms with Crippen molar-refractivity contribution in [2.45, 2.75) is 36.9 Å². The van der Waals surface area contributed by atoms with Gasteiger partial charge in [-0.1, -0.05) is 11.3 Å². The fourth-order valence-electron chi connectivity index (χ4n) is 4.39. The zero-order valence-corrected chi connectivity index (χ0v) is 21.0. The third kappa shape index (κ3) is 5.27. The van der Waals surface area contributed by atoms with Gasteiger partial charge in [-0.15, -0.1) is 0 Å². The fourth-order valence-corrected chi connectivity index (χ4v) is 6.34. The maximum Gasteiger partial charge on any atom is 0.223 e. The second-order valence-corrected chi connectivity index (χ2v) is 10.7. The van der Waals surface area contributed by atoms with Crippen LogP contribution in [0.1, 0.15) is 25.5 Å². The number of thiazole rings is 1. The minimum Gasteiger partial charge on any atom is -0.378 e. The molecule has 34 heavy (non-hydrogen) atoms. The Kier molecular flexibility index (Phi) is 7.14. The molecule has 9 nitrogen and oxygen atoms in total. The first-order valence-corrected chi connectivity index (χ1v) is 13.2. The van der Waals surface area contributed by atoms with E-state index in [1.165, 1.54) is 23.9 Å². The van der Waals surface area contributed by atoms with E-state index >= 15 is 0 Å². The largest absolute Gasteiger partial charge is 0.378 e. The van der Waals surface area contributed by atoms with Crippen LogP contribution in [0.4, 0.5) is 16.6 Å². The van der Waals surface area contributed by atoms with Gasteiger partial charge in [0.05, 0.1) is 24.4 Å². The Morgan fingerprint density at radius 1 is 1.21 bits per heavy atom. The molecule has 11 heteroatoms. The van der Waals surface area contributed by atoms with Crippen molar-refractivity contribution in [2.24, 2.45) is 0 Å². The number of carbonyl (C=O) groups excluding carboxylic acids is 1. The molecule has 0 radical (unpaired) electrons. The van der Waals surface area contributed by atoms with Crippen LogP contribution < -0.4 is 19.8 Å². The van der Waals surface area contributed by atoms with Crippen LogP contribution in [-0.2, 0) is 9.53 Å². The van der Waals surface area contributed by atoms with Crippen LogP contribution in [0.15, 0.2) is 28.7 Å². The zero-order chi connectivity index (χ0) is 23.5. The molecule has 1 atom stereocenters. The molecule has 2 aliphatic rings. The van der Waals surface area contributed by atoms with Gasteiger partial charge in [0, 0.05) is 50.2 Å². The van der Waals surface area contributed by atoms with Crippen molar-refractivity contribution in [3.63, 3.8) is 0 Å². The summed E-state index contributed by atoms with van der Waals surface area (Å²) in [5.41, 5.74) is 3.09. The summed E-state index contributed by atoms with van der Waals surface area (Å²) in [5.74, 6) is 0.896. The van der Waals surface area contributed by atoms with Gasteiger partial charge in [-0.3, -0.25) is 9.52 Å². The topological polar surface area (TPSA) is 95.5 Å². The van der Waals surface area contributed by atoms with E-state index in [9.17, 15) is 4.79 Å². The molecule has 2 aliphatic heterocycles. The minimum absolute atomic E-state index is 0.102. The number of hydrogen-bond donors (Lipinski definition) is 2. The summed E-state index contributed by atoms with van der Waals surface area (Å²) < 4.78 is 10.2. The molecule has 0 saturated carbocycles. The summed E-state index contributed by atoms with van der Waals surface area (Å²) in [6, 6.07) is 6.82. The molecule has 5 rings (SSSR count). The molecule has 180 valence electrons. The van der Waals surface area contributed by atoms with E-state index in [2.05, 4.69) is 53.0 Å². The summed E-state index contributed by atoms with van der Waals surface area (Å²) in [7, 11) is 0. The van der Waals surface area contributed by atoms with Crippen LogP contribution >= 0.6 is 23.3 Å². The fraction of sp³-hybridized carbons (Fsp3) is 0.478. The highest BCUT2D eigenvalue weighted by Crippen LogP contribution is 2.33. The number of aryl methyl sites for hydroxylation is 1. The average Bonchev–Trinajstić information content (AvgIpc) is 3.20. The molecule has 4 heterocycles. The summed E-state index contributed by atoms with van der Waals surface area (Å²) in [6.07, 6.45) is 3.87. The first-order valence-electron chi connectivity index (χ1n) is 11.6. The molecular weight excluding hydrogens is 470 g/mol. The van der Waals surface area contributed by atoms with Gasteiger partial charge >= 0.3 is 0 Å². The van der Waals surface area contributed by atoms with Crippen molar-refractivity contribution < 1.29 is 9.53 Å². The van der Waals surface area contributed by atoms with Crippen molar-refractivity contribution in [1.82, 2.24) is 19.7 Å². The molecule has 3 aromatic rings. The first-order chi connectivity index (χ1) is 16.6. The third-order valence-electron chi connectivity index (χ3n) is 6.05. The highest BCUT2D eigenvalue weighted by atomic mass is 32.2. The van der Waals surface area contributed by atoms with E-state index in [1.807, 2.05) is 6.92 Å². The molecule has 1 unspecified atom stereocenters. The Morgan fingerprint density at radius 2 is 2.06 bits per heavy atom. The van der Waals surface area contributed by atoms with Gasteiger partial charge < -0.3 is 19.9 Å². The van der Waals surface area contributed by atoms with Gasteiger partial charge in [-0.25, -0.2) is 15.0 Å². The lowest BCUT2D eigenvalue weighted by atomic mass is 10.1. The van der Waals surface area contributed by atoms with Gasteiger partial charge in [0.2, 0.25) is 5.91 Å². The lowest BCUT2D eigenvalue weighted by Gasteiger charge is -2.34. The SMILES string of the molecule is CC(=O)Nc1nc(C)c(SNC2CCCN(c3ncnc4cc(N5CCOCC5)ccc34)C2)s1. The summed E-state index contributed by atoms with van der Waals surface area (Å²) in [6.45, 7) is 8.67. The number of fused-ring (bicyclic) bond motifs is 1. The lowest BCUT2D eigenvalue weighted by Crippen LogP contribution is -2.44. The number of piperidine rings is 1. The molecule has 1 amide bonds. The number of rotatable bonds is 6. The molecule has 0 bridgehead atoms. The van der Waals surface area contributed by atoms with Crippen LogP contribution in [0.2, 0.25) is 0 Å². The predicted octanol–water partition coefficient (Wildman–Crippen LogP) is 3.46. The van der Waals surface area contributed by atoms with E-state index in [1.54, 1.807) is 18.3 Å². The molecule has 2 N–H and O–H groups in total. The van der Waals surface area contributed by atoms with Crippen LogP contribution in [0.3, 0.4) is 0 Å². The lowest BCUT2D eigenvalue weighted by molar-refractivity contribution is -0.114. The third-order valence-corrected chi connectivity index (χ3v) is 8.35. The Morgan fingerprint density at radius 3 is 2.88 bits per heavy atom. The van der Waals surface area contributed by atoms with Crippen molar-refractivity contribution in [3.8, 4) is 0 Å². The van der Waals surface area contributed by atoms with Gasteiger partial charge in [0.15, 0.2) is 5.13 Å².